The van der Waals surface area contributed by atoms with E-state index in [9.17, 15) is 14.7 Å². The highest BCUT2D eigenvalue weighted by Crippen LogP contribution is 2.22. The Balaban J connectivity index is 2.19. The molecule has 2 aromatic carbocycles. The molecule has 0 heterocycles. The first-order valence-corrected chi connectivity index (χ1v) is 7.78. The molecule has 0 spiro atoms. The predicted octanol–water partition coefficient (Wildman–Crippen LogP) is 3.21. The number of phenols is 1. The van der Waals surface area contributed by atoms with Gasteiger partial charge in [0, 0.05) is 22.0 Å². The van der Waals surface area contributed by atoms with E-state index in [0.29, 0.717) is 15.6 Å². The second-order valence-electron chi connectivity index (χ2n) is 5.04. The van der Waals surface area contributed by atoms with Crippen LogP contribution in [0.3, 0.4) is 0 Å². The fourth-order valence-corrected chi connectivity index (χ4v) is 2.62. The molecule has 0 aliphatic heterocycles. The Hall–Kier alpha value is -2.24. The number of ether oxygens (including phenoxy) is 1. The van der Waals surface area contributed by atoms with Crippen LogP contribution in [0.2, 0.25) is 10.0 Å². The Kier molecular flexibility index (Phi) is 6.06. The van der Waals surface area contributed by atoms with Gasteiger partial charge in [0.1, 0.15) is 11.8 Å². The van der Waals surface area contributed by atoms with Crippen molar-refractivity contribution in [3.63, 3.8) is 0 Å². The van der Waals surface area contributed by atoms with E-state index in [1.165, 1.54) is 31.4 Å². The second kappa shape index (κ2) is 8.04. The minimum atomic E-state index is -0.927. The fourth-order valence-electron chi connectivity index (χ4n) is 2.13. The molecule has 0 saturated carbocycles. The summed E-state index contributed by atoms with van der Waals surface area (Å²) >= 11 is 12.0. The first-order chi connectivity index (χ1) is 11.4. The van der Waals surface area contributed by atoms with Crippen LogP contribution in [0.25, 0.3) is 0 Å². The number of esters is 1. The van der Waals surface area contributed by atoms with Crippen molar-refractivity contribution in [1.82, 2.24) is 5.32 Å². The molecule has 2 N–H and O–H groups in total. The summed E-state index contributed by atoms with van der Waals surface area (Å²) in [5.74, 6) is -1.15. The molecule has 5 nitrogen and oxygen atoms in total. The maximum absolute atomic E-state index is 12.3. The molecule has 0 fully saturated rings. The molecule has 1 atom stereocenters. The smallest absolute Gasteiger partial charge is 0.328 e. The van der Waals surface area contributed by atoms with Gasteiger partial charge in [-0.25, -0.2) is 4.79 Å². The molecule has 2 aromatic rings. The molecule has 2 rings (SSSR count). The van der Waals surface area contributed by atoms with Crippen LogP contribution in [0.5, 0.6) is 5.75 Å². The zero-order valence-electron chi connectivity index (χ0n) is 12.8. The third kappa shape index (κ3) is 4.63. The average molecular weight is 368 g/mol. The molecule has 0 radical (unpaired) electrons. The minimum absolute atomic E-state index is 0.0435. The maximum atomic E-state index is 12.3. The van der Waals surface area contributed by atoms with Gasteiger partial charge >= 0.3 is 5.97 Å². The lowest BCUT2D eigenvalue weighted by atomic mass is 10.1. The van der Waals surface area contributed by atoms with Crippen LogP contribution < -0.4 is 5.32 Å². The molecule has 0 saturated heterocycles. The number of benzene rings is 2. The number of rotatable bonds is 5. The van der Waals surface area contributed by atoms with Crippen LogP contribution in [0.15, 0.2) is 42.5 Å². The van der Waals surface area contributed by atoms with Crippen LogP contribution >= 0.6 is 23.2 Å². The molecule has 24 heavy (non-hydrogen) atoms. The highest BCUT2D eigenvalue weighted by Gasteiger charge is 2.23. The zero-order valence-corrected chi connectivity index (χ0v) is 14.3. The monoisotopic (exact) mass is 367 g/mol. The molecule has 0 unspecified atom stereocenters. The van der Waals surface area contributed by atoms with Gasteiger partial charge in [0.2, 0.25) is 0 Å². The van der Waals surface area contributed by atoms with Crippen molar-refractivity contribution in [1.29, 1.82) is 0 Å². The maximum Gasteiger partial charge on any atom is 0.328 e. The molecule has 0 aliphatic carbocycles. The normalized spacial score (nSPS) is 11.6. The Morgan fingerprint density at radius 2 is 1.96 bits per heavy atom. The van der Waals surface area contributed by atoms with Crippen molar-refractivity contribution in [2.75, 3.05) is 7.11 Å². The summed E-state index contributed by atoms with van der Waals surface area (Å²) in [6.07, 6.45) is 0.146. The number of aromatic hydroxyl groups is 1. The van der Waals surface area contributed by atoms with Crippen molar-refractivity contribution >= 4 is 35.1 Å². The van der Waals surface area contributed by atoms with E-state index in [4.69, 9.17) is 27.9 Å². The van der Waals surface area contributed by atoms with Crippen LogP contribution in [-0.2, 0) is 16.0 Å². The van der Waals surface area contributed by atoms with Crippen molar-refractivity contribution in [3.05, 3.63) is 63.6 Å². The summed E-state index contributed by atoms with van der Waals surface area (Å²) in [6.45, 7) is 0. The number of hydrogen-bond acceptors (Lipinski definition) is 4. The quantitative estimate of drug-likeness (QED) is 0.795. The molecule has 0 bridgehead atoms. The lowest BCUT2D eigenvalue weighted by molar-refractivity contribution is -0.142. The summed E-state index contributed by atoms with van der Waals surface area (Å²) in [7, 11) is 1.24. The lowest BCUT2D eigenvalue weighted by Gasteiger charge is -2.17. The average Bonchev–Trinajstić information content (AvgIpc) is 2.55. The highest BCUT2D eigenvalue weighted by molar-refractivity contribution is 6.35. The Bertz CT molecular complexity index is 764. The van der Waals surface area contributed by atoms with Gasteiger partial charge in [0.25, 0.3) is 5.91 Å². The largest absolute Gasteiger partial charge is 0.508 e. The topological polar surface area (TPSA) is 75.6 Å². The van der Waals surface area contributed by atoms with Gasteiger partial charge in [0.15, 0.2) is 0 Å². The van der Waals surface area contributed by atoms with E-state index >= 15 is 0 Å². The van der Waals surface area contributed by atoms with Gasteiger partial charge in [-0.15, -0.1) is 0 Å². The number of amides is 1. The second-order valence-corrected chi connectivity index (χ2v) is 5.88. The Labute approximate surface area is 149 Å². The minimum Gasteiger partial charge on any atom is -0.508 e. The van der Waals surface area contributed by atoms with Crippen molar-refractivity contribution < 1.29 is 19.4 Å². The van der Waals surface area contributed by atoms with Crippen LogP contribution in [0, 0.1) is 0 Å². The van der Waals surface area contributed by atoms with Gasteiger partial charge in [-0.1, -0.05) is 35.3 Å². The highest BCUT2D eigenvalue weighted by atomic mass is 35.5. The lowest BCUT2D eigenvalue weighted by Crippen LogP contribution is -2.43. The number of carbonyl (C=O) groups excluding carboxylic acids is 2. The first-order valence-electron chi connectivity index (χ1n) is 7.02. The standard InChI is InChI=1S/C17H15Cl2NO4/c1-24-17(23)15(8-10-5-6-12(18)9-14(10)19)20-16(22)11-3-2-4-13(21)7-11/h2-7,9,15,21H,8H2,1H3,(H,20,22)/t15-/m1/s1. The van der Waals surface area contributed by atoms with Gasteiger partial charge in [0.05, 0.1) is 7.11 Å². The zero-order chi connectivity index (χ0) is 17.7. The summed E-state index contributed by atoms with van der Waals surface area (Å²) in [5.41, 5.74) is 0.874. The van der Waals surface area contributed by atoms with E-state index in [2.05, 4.69) is 5.32 Å². The SMILES string of the molecule is COC(=O)[C@@H](Cc1ccc(Cl)cc1Cl)NC(=O)c1cccc(O)c1. The number of methoxy groups -OCH3 is 1. The summed E-state index contributed by atoms with van der Waals surface area (Å²) in [5, 5.41) is 12.9. The van der Waals surface area contributed by atoms with Crippen LogP contribution in [0.4, 0.5) is 0 Å². The third-order valence-electron chi connectivity index (χ3n) is 3.34. The molecular weight excluding hydrogens is 353 g/mol. The van der Waals surface area contributed by atoms with Gasteiger partial charge < -0.3 is 15.2 Å². The summed E-state index contributed by atoms with van der Waals surface area (Å²) in [4.78, 5) is 24.2. The van der Waals surface area contributed by atoms with Gasteiger partial charge in [-0.05, 0) is 35.9 Å². The number of phenolic OH excluding ortho intramolecular Hbond substituents is 1. The Morgan fingerprint density at radius 3 is 2.58 bits per heavy atom. The summed E-state index contributed by atoms with van der Waals surface area (Å²) in [6, 6.07) is 9.77. The number of hydrogen-bond donors (Lipinski definition) is 2. The van der Waals surface area contributed by atoms with E-state index in [0.717, 1.165) is 0 Å². The Morgan fingerprint density at radius 1 is 1.21 bits per heavy atom. The van der Waals surface area contributed by atoms with Crippen molar-refractivity contribution in [2.45, 2.75) is 12.5 Å². The number of nitrogens with one attached hydrogen (secondary N) is 1. The first kappa shape index (κ1) is 18.1. The van der Waals surface area contributed by atoms with E-state index in [-0.39, 0.29) is 17.7 Å². The third-order valence-corrected chi connectivity index (χ3v) is 3.93. The molecule has 126 valence electrons. The fraction of sp³-hybridized carbons (Fsp3) is 0.176. The van der Waals surface area contributed by atoms with Crippen LogP contribution in [0.1, 0.15) is 15.9 Å². The number of halogens is 2. The van der Waals surface area contributed by atoms with Gasteiger partial charge in [-0.3, -0.25) is 4.79 Å². The van der Waals surface area contributed by atoms with Crippen molar-refractivity contribution in [2.24, 2.45) is 0 Å². The van der Waals surface area contributed by atoms with Gasteiger partial charge in [-0.2, -0.15) is 0 Å². The van der Waals surface area contributed by atoms with E-state index < -0.39 is 17.9 Å². The molecule has 0 aromatic heterocycles. The summed E-state index contributed by atoms with van der Waals surface area (Å²) < 4.78 is 4.74. The predicted molar refractivity (Wildman–Crippen MR) is 91.5 cm³/mol. The van der Waals surface area contributed by atoms with E-state index in [1.54, 1.807) is 18.2 Å². The molecule has 0 aliphatic rings. The molecule has 7 heteroatoms. The van der Waals surface area contributed by atoms with Crippen LogP contribution in [-0.4, -0.2) is 30.1 Å². The molecule has 1 amide bonds. The van der Waals surface area contributed by atoms with E-state index in [1.807, 2.05) is 0 Å². The molecular formula is C17H15Cl2NO4. The number of carbonyl (C=O) groups is 2. The van der Waals surface area contributed by atoms with Crippen molar-refractivity contribution in [3.8, 4) is 5.75 Å².